The van der Waals surface area contributed by atoms with Crippen LogP contribution in [0.15, 0.2) is 6.07 Å². The molecule has 0 aliphatic heterocycles. The van der Waals surface area contributed by atoms with E-state index >= 15 is 0 Å². The van der Waals surface area contributed by atoms with Crippen molar-refractivity contribution >= 4 is 11.6 Å². The van der Waals surface area contributed by atoms with Crippen molar-refractivity contribution in [3.05, 3.63) is 11.9 Å². The quantitative estimate of drug-likeness (QED) is 0.496. The number of rotatable bonds is 4. The third-order valence-electron chi connectivity index (χ3n) is 3.96. The van der Waals surface area contributed by atoms with Gasteiger partial charge in [-0.1, -0.05) is 32.6 Å². The summed E-state index contributed by atoms with van der Waals surface area (Å²) in [5.41, 5.74) is 2.63. The van der Waals surface area contributed by atoms with E-state index in [4.69, 9.17) is 5.84 Å². The van der Waals surface area contributed by atoms with Crippen molar-refractivity contribution < 1.29 is 0 Å². The summed E-state index contributed by atoms with van der Waals surface area (Å²) in [6, 6.07) is 2.53. The first-order chi connectivity index (χ1) is 9.24. The van der Waals surface area contributed by atoms with Crippen molar-refractivity contribution in [2.45, 2.75) is 57.9 Å². The number of nitrogen functional groups attached to an aromatic ring is 1. The standard InChI is InChI=1S/C14H25N5/c1-3-12-16-13(18-15)10-14(17-12)19(2)11-8-6-4-5-7-9-11/h10-11H,3-9,15H2,1-2H3,(H,16,17,18). The fourth-order valence-electron chi connectivity index (χ4n) is 2.73. The molecule has 5 heteroatoms. The Kier molecular flexibility index (Phi) is 4.96. The van der Waals surface area contributed by atoms with Crippen LogP contribution in [0.2, 0.25) is 0 Å². The second-order valence-electron chi connectivity index (χ2n) is 5.28. The van der Waals surface area contributed by atoms with Gasteiger partial charge in [0.25, 0.3) is 0 Å². The zero-order chi connectivity index (χ0) is 13.7. The van der Waals surface area contributed by atoms with Gasteiger partial charge in [0, 0.05) is 25.6 Å². The molecule has 0 radical (unpaired) electrons. The van der Waals surface area contributed by atoms with Gasteiger partial charge >= 0.3 is 0 Å². The normalized spacial score (nSPS) is 17.0. The Hall–Kier alpha value is -1.36. The van der Waals surface area contributed by atoms with E-state index in [1.807, 2.05) is 6.07 Å². The highest BCUT2D eigenvalue weighted by molar-refractivity contribution is 5.49. The van der Waals surface area contributed by atoms with Crippen LogP contribution in [-0.4, -0.2) is 23.1 Å². The van der Waals surface area contributed by atoms with E-state index in [2.05, 4.69) is 34.3 Å². The van der Waals surface area contributed by atoms with Crippen LogP contribution in [0.5, 0.6) is 0 Å². The second kappa shape index (κ2) is 6.70. The molecular weight excluding hydrogens is 238 g/mol. The molecule has 3 N–H and O–H groups in total. The van der Waals surface area contributed by atoms with E-state index < -0.39 is 0 Å². The molecule has 2 rings (SSSR count). The molecule has 19 heavy (non-hydrogen) atoms. The molecule has 1 fully saturated rings. The molecule has 0 atom stereocenters. The molecule has 5 nitrogen and oxygen atoms in total. The van der Waals surface area contributed by atoms with Crippen LogP contribution < -0.4 is 16.2 Å². The van der Waals surface area contributed by atoms with E-state index in [-0.39, 0.29) is 0 Å². The van der Waals surface area contributed by atoms with Crippen LogP contribution in [0.3, 0.4) is 0 Å². The van der Waals surface area contributed by atoms with Crippen molar-refractivity contribution in [3.63, 3.8) is 0 Å². The zero-order valence-corrected chi connectivity index (χ0v) is 12.0. The molecule has 0 amide bonds. The van der Waals surface area contributed by atoms with Gasteiger partial charge in [-0.05, 0) is 12.8 Å². The first-order valence-corrected chi connectivity index (χ1v) is 7.32. The van der Waals surface area contributed by atoms with Gasteiger partial charge in [-0.2, -0.15) is 0 Å². The first kappa shape index (κ1) is 14.1. The van der Waals surface area contributed by atoms with Gasteiger partial charge in [0.15, 0.2) is 0 Å². The molecule has 1 heterocycles. The molecule has 0 aromatic carbocycles. The minimum absolute atomic E-state index is 0.590. The average molecular weight is 263 g/mol. The van der Waals surface area contributed by atoms with Gasteiger partial charge in [0.05, 0.1) is 0 Å². The van der Waals surface area contributed by atoms with E-state index in [1.165, 1.54) is 38.5 Å². The summed E-state index contributed by atoms with van der Waals surface area (Å²) in [7, 11) is 2.14. The SMILES string of the molecule is CCc1nc(NN)cc(N(C)C2CCCCCC2)n1. The highest BCUT2D eigenvalue weighted by Crippen LogP contribution is 2.25. The zero-order valence-electron chi connectivity index (χ0n) is 12.0. The van der Waals surface area contributed by atoms with Crippen LogP contribution in [0, 0.1) is 0 Å². The Labute approximate surface area is 115 Å². The monoisotopic (exact) mass is 263 g/mol. The molecular formula is C14H25N5. The summed E-state index contributed by atoms with van der Waals surface area (Å²) in [6.07, 6.45) is 8.71. The molecule has 1 aromatic heterocycles. The Bertz CT molecular complexity index is 377. The number of hydrogen-bond acceptors (Lipinski definition) is 5. The molecule has 0 bridgehead atoms. The highest BCUT2D eigenvalue weighted by atomic mass is 15.3. The van der Waals surface area contributed by atoms with Crippen molar-refractivity contribution in [2.24, 2.45) is 5.84 Å². The fraction of sp³-hybridized carbons (Fsp3) is 0.714. The minimum atomic E-state index is 0.590. The largest absolute Gasteiger partial charge is 0.357 e. The number of aromatic nitrogens is 2. The van der Waals surface area contributed by atoms with E-state index in [0.717, 1.165) is 18.1 Å². The molecule has 106 valence electrons. The van der Waals surface area contributed by atoms with Crippen molar-refractivity contribution in [1.29, 1.82) is 0 Å². The van der Waals surface area contributed by atoms with E-state index in [1.54, 1.807) is 0 Å². The predicted octanol–water partition coefficient (Wildman–Crippen LogP) is 2.48. The number of hydrazine groups is 1. The predicted molar refractivity (Wildman–Crippen MR) is 79.1 cm³/mol. The lowest BCUT2D eigenvalue weighted by Gasteiger charge is -2.28. The van der Waals surface area contributed by atoms with Gasteiger partial charge in [-0.15, -0.1) is 0 Å². The lowest BCUT2D eigenvalue weighted by molar-refractivity contribution is 0.548. The Morgan fingerprint density at radius 1 is 1.26 bits per heavy atom. The van der Waals surface area contributed by atoms with Crippen LogP contribution in [0.4, 0.5) is 11.6 Å². The minimum Gasteiger partial charge on any atom is -0.357 e. The van der Waals surface area contributed by atoms with Crippen molar-refractivity contribution in [2.75, 3.05) is 17.4 Å². The number of nitrogens with one attached hydrogen (secondary N) is 1. The molecule has 0 unspecified atom stereocenters. The molecule has 1 aliphatic carbocycles. The molecule has 1 aromatic rings. The number of aryl methyl sites for hydroxylation is 1. The summed E-state index contributed by atoms with van der Waals surface area (Å²) in [5.74, 6) is 8.00. The number of nitrogens with two attached hydrogens (primary N) is 1. The summed E-state index contributed by atoms with van der Waals surface area (Å²) >= 11 is 0. The lowest BCUT2D eigenvalue weighted by atomic mass is 10.1. The van der Waals surface area contributed by atoms with Crippen LogP contribution in [0.25, 0.3) is 0 Å². The summed E-state index contributed by atoms with van der Waals surface area (Å²) in [4.78, 5) is 11.3. The van der Waals surface area contributed by atoms with E-state index in [0.29, 0.717) is 11.9 Å². The van der Waals surface area contributed by atoms with Crippen LogP contribution in [0.1, 0.15) is 51.3 Å². The summed E-state index contributed by atoms with van der Waals surface area (Å²) < 4.78 is 0. The molecule has 0 saturated heterocycles. The smallest absolute Gasteiger partial charge is 0.145 e. The Balaban J connectivity index is 2.18. The van der Waals surface area contributed by atoms with Crippen LogP contribution in [-0.2, 0) is 6.42 Å². The van der Waals surface area contributed by atoms with E-state index in [9.17, 15) is 0 Å². The average Bonchev–Trinajstić information content (AvgIpc) is 2.74. The van der Waals surface area contributed by atoms with Crippen LogP contribution >= 0.6 is 0 Å². The third kappa shape index (κ3) is 3.56. The number of anilines is 2. The summed E-state index contributed by atoms with van der Waals surface area (Å²) in [6.45, 7) is 2.06. The maximum absolute atomic E-state index is 5.49. The summed E-state index contributed by atoms with van der Waals surface area (Å²) in [5, 5.41) is 0. The second-order valence-corrected chi connectivity index (χ2v) is 5.28. The number of hydrogen-bond donors (Lipinski definition) is 2. The maximum atomic E-state index is 5.49. The van der Waals surface area contributed by atoms with Gasteiger partial charge in [0.1, 0.15) is 17.5 Å². The fourth-order valence-corrected chi connectivity index (χ4v) is 2.73. The van der Waals surface area contributed by atoms with Gasteiger partial charge in [-0.3, -0.25) is 0 Å². The molecule has 1 aliphatic rings. The molecule has 0 spiro atoms. The topological polar surface area (TPSA) is 67.1 Å². The van der Waals surface area contributed by atoms with Gasteiger partial charge in [0.2, 0.25) is 0 Å². The third-order valence-corrected chi connectivity index (χ3v) is 3.96. The van der Waals surface area contributed by atoms with Crippen molar-refractivity contribution in [3.8, 4) is 0 Å². The lowest BCUT2D eigenvalue weighted by Crippen LogP contribution is -2.32. The first-order valence-electron chi connectivity index (χ1n) is 7.32. The Morgan fingerprint density at radius 3 is 2.53 bits per heavy atom. The molecule has 1 saturated carbocycles. The highest BCUT2D eigenvalue weighted by Gasteiger charge is 2.19. The number of nitrogens with zero attached hydrogens (tertiary/aromatic N) is 3. The maximum Gasteiger partial charge on any atom is 0.145 e. The van der Waals surface area contributed by atoms with Gasteiger partial charge < -0.3 is 10.3 Å². The van der Waals surface area contributed by atoms with Gasteiger partial charge in [-0.25, -0.2) is 15.8 Å². The Morgan fingerprint density at radius 2 is 1.95 bits per heavy atom. The van der Waals surface area contributed by atoms with Crippen molar-refractivity contribution in [1.82, 2.24) is 9.97 Å².